The molecule has 0 bridgehead atoms. The summed E-state index contributed by atoms with van der Waals surface area (Å²) in [5.74, 6) is 0.552. The van der Waals surface area contributed by atoms with Crippen LogP contribution in [0.5, 0.6) is 17.2 Å². The van der Waals surface area contributed by atoms with E-state index in [0.717, 1.165) is 0 Å². The highest BCUT2D eigenvalue weighted by Gasteiger charge is 2.21. The second-order valence-corrected chi connectivity index (χ2v) is 4.48. The third kappa shape index (κ3) is 4.35. The number of hydrogen-bond donors (Lipinski definition) is 1. The highest BCUT2D eigenvalue weighted by molar-refractivity contribution is 5.85. The molecule has 0 atom stereocenters. The van der Waals surface area contributed by atoms with Gasteiger partial charge in [0.25, 0.3) is 0 Å². The summed E-state index contributed by atoms with van der Waals surface area (Å²) in [7, 11) is 1.56. The van der Waals surface area contributed by atoms with E-state index in [4.69, 9.17) is 15.2 Å². The van der Waals surface area contributed by atoms with Gasteiger partial charge in [0.1, 0.15) is 5.75 Å². The van der Waals surface area contributed by atoms with Crippen LogP contribution in [0.2, 0.25) is 0 Å². The van der Waals surface area contributed by atoms with Crippen LogP contribution >= 0.6 is 12.4 Å². The minimum Gasteiger partial charge on any atom is -0.454 e. The van der Waals surface area contributed by atoms with Crippen molar-refractivity contribution in [2.45, 2.75) is 19.6 Å². The van der Waals surface area contributed by atoms with Crippen LogP contribution in [0.1, 0.15) is 12.0 Å². The molecule has 9 heteroatoms. The molecule has 1 aliphatic rings. The second-order valence-electron chi connectivity index (χ2n) is 4.48. The maximum absolute atomic E-state index is 12.5. The molecule has 2 rings (SSSR count). The third-order valence-corrected chi connectivity index (χ3v) is 2.96. The molecule has 0 aromatic heterocycles. The second kappa shape index (κ2) is 8.00. The SMILES string of the molecule is CN(Cc1cc2c(cc1OC(F)F)OCO2)C(=O)CCN.Cl. The fourth-order valence-electron chi connectivity index (χ4n) is 1.95. The van der Waals surface area contributed by atoms with Gasteiger partial charge in [-0.3, -0.25) is 4.79 Å². The van der Waals surface area contributed by atoms with E-state index in [-0.39, 0.29) is 50.4 Å². The van der Waals surface area contributed by atoms with Gasteiger partial charge in [0, 0.05) is 38.2 Å². The first-order chi connectivity index (χ1) is 10.0. The van der Waals surface area contributed by atoms with E-state index in [1.807, 2.05) is 0 Å². The minimum absolute atomic E-state index is 0. The number of halogens is 3. The Bertz CT molecular complexity index is 531. The van der Waals surface area contributed by atoms with E-state index in [1.54, 1.807) is 7.05 Å². The van der Waals surface area contributed by atoms with Gasteiger partial charge in [0.2, 0.25) is 12.7 Å². The molecule has 0 spiro atoms. The van der Waals surface area contributed by atoms with Crippen LogP contribution in [0.25, 0.3) is 0 Å². The van der Waals surface area contributed by atoms with Gasteiger partial charge in [0.05, 0.1) is 0 Å². The zero-order valence-electron chi connectivity index (χ0n) is 11.9. The number of nitrogens with zero attached hydrogens (tertiary/aromatic N) is 1. The van der Waals surface area contributed by atoms with Gasteiger partial charge in [-0.1, -0.05) is 0 Å². The minimum atomic E-state index is -2.96. The monoisotopic (exact) mass is 338 g/mol. The summed E-state index contributed by atoms with van der Waals surface area (Å²) in [6.07, 6.45) is 0.187. The Labute approximate surface area is 132 Å². The molecule has 0 fully saturated rings. The van der Waals surface area contributed by atoms with Gasteiger partial charge in [0.15, 0.2) is 11.5 Å². The molecule has 0 unspecified atom stereocenters. The zero-order valence-corrected chi connectivity index (χ0v) is 12.7. The van der Waals surface area contributed by atoms with E-state index in [9.17, 15) is 13.6 Å². The van der Waals surface area contributed by atoms with Crippen molar-refractivity contribution in [3.63, 3.8) is 0 Å². The summed E-state index contributed by atoms with van der Waals surface area (Å²) in [6, 6.07) is 2.87. The number of benzene rings is 1. The first kappa shape index (κ1) is 18.2. The molecular formula is C13H17ClF2N2O4. The van der Waals surface area contributed by atoms with Crippen LogP contribution in [-0.2, 0) is 11.3 Å². The van der Waals surface area contributed by atoms with Crippen molar-refractivity contribution in [2.75, 3.05) is 20.4 Å². The fourth-order valence-corrected chi connectivity index (χ4v) is 1.95. The average Bonchev–Trinajstić information content (AvgIpc) is 2.85. The summed E-state index contributed by atoms with van der Waals surface area (Å²) in [4.78, 5) is 13.1. The number of nitrogens with two attached hydrogens (primary N) is 1. The number of alkyl halides is 2. The van der Waals surface area contributed by atoms with Crippen molar-refractivity contribution >= 4 is 18.3 Å². The van der Waals surface area contributed by atoms with Gasteiger partial charge in [-0.2, -0.15) is 8.78 Å². The summed E-state index contributed by atoms with van der Waals surface area (Å²) < 4.78 is 39.8. The van der Waals surface area contributed by atoms with Crippen LogP contribution in [0.4, 0.5) is 8.78 Å². The molecule has 124 valence electrons. The molecule has 1 heterocycles. The highest BCUT2D eigenvalue weighted by atomic mass is 35.5. The first-order valence-corrected chi connectivity index (χ1v) is 6.32. The van der Waals surface area contributed by atoms with Crippen molar-refractivity contribution in [3.05, 3.63) is 17.7 Å². The number of rotatable bonds is 6. The number of ether oxygens (including phenoxy) is 3. The number of amides is 1. The van der Waals surface area contributed by atoms with Crippen LogP contribution < -0.4 is 19.9 Å². The molecule has 0 radical (unpaired) electrons. The zero-order chi connectivity index (χ0) is 15.4. The Morgan fingerprint density at radius 2 is 2.05 bits per heavy atom. The Hall–Kier alpha value is -1.80. The molecule has 22 heavy (non-hydrogen) atoms. The maximum atomic E-state index is 12.5. The largest absolute Gasteiger partial charge is 0.454 e. The van der Waals surface area contributed by atoms with Crippen molar-refractivity contribution < 1.29 is 27.8 Å². The smallest absolute Gasteiger partial charge is 0.387 e. The van der Waals surface area contributed by atoms with Crippen molar-refractivity contribution in [1.29, 1.82) is 0 Å². The Morgan fingerprint density at radius 1 is 1.41 bits per heavy atom. The van der Waals surface area contributed by atoms with Crippen LogP contribution in [0, 0.1) is 0 Å². The van der Waals surface area contributed by atoms with Crippen LogP contribution in [-0.4, -0.2) is 37.8 Å². The van der Waals surface area contributed by atoms with E-state index in [1.165, 1.54) is 17.0 Å². The summed E-state index contributed by atoms with van der Waals surface area (Å²) in [5.41, 5.74) is 5.73. The van der Waals surface area contributed by atoms with Gasteiger partial charge in [-0.25, -0.2) is 0 Å². The number of fused-ring (bicyclic) bond motifs is 1. The van der Waals surface area contributed by atoms with Gasteiger partial charge in [-0.15, -0.1) is 12.4 Å². The summed E-state index contributed by atoms with van der Waals surface area (Å²) in [6.45, 7) is -2.61. The standard InChI is InChI=1S/C13H16F2N2O4.ClH/c1-17(12(18)2-3-16)6-8-4-10-11(20-7-19-10)5-9(8)21-13(14)15;/h4-5,13H,2-3,6-7,16H2,1H3;1H. The normalized spacial score (nSPS) is 12.0. The van der Waals surface area contributed by atoms with Crippen molar-refractivity contribution in [2.24, 2.45) is 5.73 Å². The van der Waals surface area contributed by atoms with Gasteiger partial charge < -0.3 is 24.8 Å². The molecule has 2 N–H and O–H groups in total. The van der Waals surface area contributed by atoms with Crippen molar-refractivity contribution in [3.8, 4) is 17.2 Å². The lowest BCUT2D eigenvalue weighted by molar-refractivity contribution is -0.130. The molecule has 0 aliphatic carbocycles. The molecule has 1 amide bonds. The third-order valence-electron chi connectivity index (χ3n) is 2.96. The summed E-state index contributed by atoms with van der Waals surface area (Å²) >= 11 is 0. The van der Waals surface area contributed by atoms with Gasteiger partial charge in [-0.05, 0) is 6.07 Å². The Balaban J connectivity index is 0.00000242. The highest BCUT2D eigenvalue weighted by Crippen LogP contribution is 2.39. The average molecular weight is 339 g/mol. The van der Waals surface area contributed by atoms with Crippen LogP contribution in [0.3, 0.4) is 0 Å². The molecule has 1 aromatic rings. The molecule has 0 saturated heterocycles. The van der Waals surface area contributed by atoms with E-state index in [0.29, 0.717) is 17.1 Å². The molecule has 1 aliphatic heterocycles. The number of hydrogen-bond acceptors (Lipinski definition) is 5. The predicted molar refractivity (Wildman–Crippen MR) is 76.6 cm³/mol. The molecule has 1 aromatic carbocycles. The first-order valence-electron chi connectivity index (χ1n) is 6.32. The topological polar surface area (TPSA) is 74.0 Å². The van der Waals surface area contributed by atoms with Crippen molar-refractivity contribution in [1.82, 2.24) is 4.90 Å². The Kier molecular flexibility index (Phi) is 6.63. The molecule has 0 saturated carbocycles. The van der Waals surface area contributed by atoms with E-state index >= 15 is 0 Å². The van der Waals surface area contributed by atoms with E-state index in [2.05, 4.69) is 4.74 Å². The van der Waals surface area contributed by atoms with E-state index < -0.39 is 6.61 Å². The quantitative estimate of drug-likeness (QED) is 0.855. The number of carbonyl (C=O) groups excluding carboxylic acids is 1. The fraction of sp³-hybridized carbons (Fsp3) is 0.462. The predicted octanol–water partition coefficient (Wildman–Crippen LogP) is 1.75. The molecule has 6 nitrogen and oxygen atoms in total. The molecular weight excluding hydrogens is 322 g/mol. The Morgan fingerprint density at radius 3 is 2.64 bits per heavy atom. The number of carbonyl (C=O) groups is 1. The van der Waals surface area contributed by atoms with Crippen LogP contribution in [0.15, 0.2) is 12.1 Å². The lowest BCUT2D eigenvalue weighted by atomic mass is 10.1. The lowest BCUT2D eigenvalue weighted by Gasteiger charge is -2.19. The maximum Gasteiger partial charge on any atom is 0.387 e. The lowest BCUT2D eigenvalue weighted by Crippen LogP contribution is -2.28. The summed E-state index contributed by atoms with van der Waals surface area (Å²) in [5, 5.41) is 0. The van der Waals surface area contributed by atoms with Gasteiger partial charge >= 0.3 is 6.61 Å².